The Kier molecular flexibility index (Phi) is 17.9. The fourth-order valence-electron chi connectivity index (χ4n) is 13.1. The Morgan fingerprint density at radius 2 is 0.451 bits per heavy atom. The van der Waals surface area contributed by atoms with E-state index in [1.54, 1.807) is 30.3 Å². The Hall–Kier alpha value is -13.9. The standard InChI is InChI=1S/C60H44N2.C28H8F6N4O2/c1-5-13-45(14-6-1)48-21-23-49(24-22-48)52-29-39-56(40-30-52)61(55-19-11-4-12-20-55)57-41-31-53(32-42-57)54-33-43-60(44-34-54)62(58-35-25-50(26-36-58)46-15-7-2-8-16-46)59-37-27-51(28-38-59)47-17-9-3-10-18-47;29-27(30,31)39-15-1-3-17-19-7-20-18-4-2-16(40-28(32,33)34)6-22(18)26(14(11-37)12-38)24(20)8-23(19)25(21(17)5-15)13(9-35)10-36/h1-44H;1-8H. The Morgan fingerprint density at radius 1 is 0.235 bits per heavy atom. The van der Waals surface area contributed by atoms with Crippen molar-refractivity contribution in [2.45, 2.75) is 12.7 Å². The van der Waals surface area contributed by atoms with Crippen LogP contribution in [0.2, 0.25) is 0 Å². The second-order valence-electron chi connectivity index (χ2n) is 23.8. The molecule has 8 nitrogen and oxygen atoms in total. The summed E-state index contributed by atoms with van der Waals surface area (Å²) in [6, 6.07) is 112. The summed E-state index contributed by atoms with van der Waals surface area (Å²) in [4.78, 5) is 4.65. The van der Waals surface area contributed by atoms with Gasteiger partial charge in [0, 0.05) is 45.3 Å². The van der Waals surface area contributed by atoms with Crippen molar-refractivity contribution in [3.05, 3.63) is 349 Å². The van der Waals surface area contributed by atoms with Gasteiger partial charge in [-0.3, -0.25) is 0 Å². The maximum absolute atomic E-state index is 12.9. The van der Waals surface area contributed by atoms with Crippen LogP contribution < -0.4 is 19.3 Å². The van der Waals surface area contributed by atoms with E-state index in [1.807, 2.05) is 0 Å². The highest BCUT2D eigenvalue weighted by Gasteiger charge is 2.37. The number of ether oxygens (including phenoxy) is 2. The zero-order valence-electron chi connectivity index (χ0n) is 53.8. The van der Waals surface area contributed by atoms with E-state index in [0.717, 1.165) is 69.5 Å². The lowest BCUT2D eigenvalue weighted by atomic mass is 9.93. The van der Waals surface area contributed by atoms with Crippen LogP contribution in [-0.4, -0.2) is 12.7 Å². The van der Waals surface area contributed by atoms with Crippen LogP contribution in [0, 0.1) is 45.3 Å². The first kappa shape index (κ1) is 65.4. The van der Waals surface area contributed by atoms with Crippen molar-refractivity contribution < 1.29 is 35.8 Å². The summed E-state index contributed by atoms with van der Waals surface area (Å²) in [5, 5.41) is 38.5. The topological polar surface area (TPSA) is 120 Å². The van der Waals surface area contributed by atoms with Crippen molar-refractivity contribution in [3.63, 3.8) is 0 Å². The third-order valence-electron chi connectivity index (χ3n) is 17.7. The monoisotopic (exact) mass is 1340 g/mol. The van der Waals surface area contributed by atoms with E-state index < -0.39 is 35.4 Å². The molecular formula is C88H52F6N6O2. The number of rotatable bonds is 13. The van der Waals surface area contributed by atoms with Gasteiger partial charge in [0.2, 0.25) is 0 Å². The van der Waals surface area contributed by atoms with Gasteiger partial charge in [0.05, 0.1) is 0 Å². The van der Waals surface area contributed by atoms with Gasteiger partial charge in [0.25, 0.3) is 0 Å². The summed E-state index contributed by atoms with van der Waals surface area (Å²) >= 11 is 0. The van der Waals surface area contributed by atoms with Crippen molar-refractivity contribution >= 4 is 45.3 Å². The lowest BCUT2D eigenvalue weighted by molar-refractivity contribution is -0.275. The Labute approximate surface area is 584 Å². The molecule has 0 bridgehead atoms. The van der Waals surface area contributed by atoms with E-state index in [1.165, 1.54) is 62.7 Å². The van der Waals surface area contributed by atoms with E-state index in [4.69, 9.17) is 0 Å². The molecule has 0 N–H and O–H groups in total. The zero-order valence-corrected chi connectivity index (χ0v) is 53.8. The summed E-state index contributed by atoms with van der Waals surface area (Å²) in [5.41, 5.74) is 19.9. The molecule has 0 saturated heterocycles. The number of nitriles is 4. The maximum Gasteiger partial charge on any atom is 0.573 e. The average molecular weight is 1340 g/mol. The molecule has 0 spiro atoms. The largest absolute Gasteiger partial charge is 0.573 e. The van der Waals surface area contributed by atoms with Gasteiger partial charge in [-0.2, -0.15) is 21.0 Å². The van der Waals surface area contributed by atoms with Gasteiger partial charge in [0.1, 0.15) is 46.9 Å². The maximum atomic E-state index is 12.9. The number of hydrogen-bond donors (Lipinski definition) is 0. The molecular weight excluding hydrogens is 1290 g/mol. The quantitative estimate of drug-likeness (QED) is 0.0827. The van der Waals surface area contributed by atoms with Gasteiger partial charge >= 0.3 is 12.7 Å². The van der Waals surface area contributed by atoms with Crippen LogP contribution in [0.1, 0.15) is 22.3 Å². The number of halogens is 6. The highest BCUT2D eigenvalue weighted by Crippen LogP contribution is 2.55. The normalized spacial score (nSPS) is 11.5. The fraction of sp³-hybridized carbons (Fsp3) is 0.0227. The van der Waals surface area contributed by atoms with Crippen LogP contribution in [0.5, 0.6) is 11.5 Å². The molecule has 0 aromatic heterocycles. The molecule has 0 aliphatic heterocycles. The van der Waals surface area contributed by atoms with Crippen LogP contribution in [0.3, 0.4) is 0 Å². The van der Waals surface area contributed by atoms with Gasteiger partial charge in [-0.05, 0) is 209 Å². The van der Waals surface area contributed by atoms with Crippen LogP contribution in [0.4, 0.5) is 60.5 Å². The van der Waals surface area contributed by atoms with Gasteiger partial charge < -0.3 is 19.3 Å². The summed E-state index contributed by atoms with van der Waals surface area (Å²) < 4.78 is 85.3. The van der Waals surface area contributed by atoms with Crippen molar-refractivity contribution in [1.29, 1.82) is 21.0 Å². The average Bonchev–Trinajstić information content (AvgIpc) is 1.56. The van der Waals surface area contributed by atoms with Gasteiger partial charge in [-0.25, -0.2) is 0 Å². The molecule has 102 heavy (non-hydrogen) atoms. The van der Waals surface area contributed by atoms with Crippen molar-refractivity contribution in [3.8, 4) is 114 Å². The minimum atomic E-state index is -5.00. The molecule has 2 aliphatic rings. The smallest absolute Gasteiger partial charge is 0.406 e. The summed E-state index contributed by atoms with van der Waals surface area (Å²) in [6.45, 7) is 0. The van der Waals surface area contributed by atoms with Gasteiger partial charge in [-0.1, -0.05) is 206 Å². The number of allylic oxidation sites excluding steroid dienone is 2. The van der Waals surface area contributed by atoms with Crippen LogP contribution in [-0.2, 0) is 0 Å². The predicted octanol–water partition coefficient (Wildman–Crippen LogP) is 24.1. The second kappa shape index (κ2) is 27.9. The molecule has 0 radical (unpaired) electrons. The molecule has 488 valence electrons. The number of anilines is 6. The number of hydrogen-bond acceptors (Lipinski definition) is 8. The van der Waals surface area contributed by atoms with E-state index in [9.17, 15) is 47.4 Å². The van der Waals surface area contributed by atoms with Crippen LogP contribution in [0.15, 0.2) is 327 Å². The van der Waals surface area contributed by atoms with Crippen LogP contribution >= 0.6 is 0 Å². The Balaban J connectivity index is 0.000000190. The minimum absolute atomic E-state index is 0.00251. The number of nitrogens with zero attached hydrogens (tertiary/aromatic N) is 6. The number of para-hydroxylation sites is 1. The zero-order chi connectivity index (χ0) is 70.5. The fourth-order valence-corrected chi connectivity index (χ4v) is 13.1. The highest BCUT2D eigenvalue weighted by molar-refractivity contribution is 6.11. The third kappa shape index (κ3) is 13.6. The molecule has 13 aromatic rings. The predicted molar refractivity (Wildman–Crippen MR) is 388 cm³/mol. The van der Waals surface area contributed by atoms with Crippen molar-refractivity contribution in [2.24, 2.45) is 0 Å². The molecule has 13 aromatic carbocycles. The molecule has 0 amide bonds. The van der Waals surface area contributed by atoms with Crippen molar-refractivity contribution in [1.82, 2.24) is 0 Å². The van der Waals surface area contributed by atoms with E-state index in [0.29, 0.717) is 22.3 Å². The van der Waals surface area contributed by atoms with Crippen molar-refractivity contribution in [2.75, 3.05) is 9.80 Å². The molecule has 0 heterocycles. The Bertz CT molecular complexity index is 5280. The Morgan fingerprint density at radius 3 is 0.706 bits per heavy atom. The SMILES string of the molecule is N#CC(C#N)=C1c2cc(OC(F)(F)F)ccc2-c2cc3c(cc21)C(=C(C#N)C#N)c1cc(OC(F)(F)F)ccc1-3.c1ccc(-c2ccc(-c3ccc(N(c4ccccc4)c4ccc(-c5ccc(N(c6ccc(-c7ccccc7)cc6)c6ccc(-c7ccccc7)cc6)cc5)cc4)cc3)cc2)cc1. The second-order valence-corrected chi connectivity index (χ2v) is 23.8. The number of alkyl halides is 6. The van der Waals surface area contributed by atoms with Gasteiger partial charge in [-0.15, -0.1) is 26.3 Å². The number of benzene rings is 13. The molecule has 0 atom stereocenters. The number of fused-ring (bicyclic) bond motifs is 6. The van der Waals surface area contributed by atoms with E-state index in [2.05, 4.69) is 286 Å². The summed E-state index contributed by atoms with van der Waals surface area (Å²) in [6.07, 6.45) is -10.00. The first-order valence-electron chi connectivity index (χ1n) is 32.1. The molecule has 2 aliphatic carbocycles. The first-order chi connectivity index (χ1) is 49.6. The summed E-state index contributed by atoms with van der Waals surface area (Å²) in [7, 11) is 0. The third-order valence-corrected chi connectivity index (χ3v) is 17.7. The molecule has 0 unspecified atom stereocenters. The van der Waals surface area contributed by atoms with E-state index in [-0.39, 0.29) is 33.4 Å². The lowest BCUT2D eigenvalue weighted by Crippen LogP contribution is -2.17. The molecule has 14 heteroatoms. The highest BCUT2D eigenvalue weighted by atomic mass is 19.4. The van der Waals surface area contributed by atoms with Crippen LogP contribution in [0.25, 0.3) is 89.0 Å². The minimum Gasteiger partial charge on any atom is -0.406 e. The summed E-state index contributed by atoms with van der Waals surface area (Å²) in [5.74, 6) is -1.17. The molecule has 0 saturated carbocycles. The first-order valence-corrected chi connectivity index (χ1v) is 32.1. The molecule has 0 fully saturated rings. The van der Waals surface area contributed by atoms with Gasteiger partial charge in [0.15, 0.2) is 0 Å². The lowest BCUT2D eigenvalue weighted by Gasteiger charge is -2.26. The van der Waals surface area contributed by atoms with E-state index >= 15 is 0 Å². The molecule has 15 rings (SSSR count).